The van der Waals surface area contributed by atoms with Gasteiger partial charge in [-0.2, -0.15) is 5.10 Å². The molecule has 0 fully saturated rings. The topological polar surface area (TPSA) is 103 Å². The van der Waals surface area contributed by atoms with Crippen molar-refractivity contribution in [3.63, 3.8) is 0 Å². The fraction of sp³-hybridized carbons (Fsp3) is 0. The van der Waals surface area contributed by atoms with E-state index in [9.17, 15) is 9.59 Å². The molecule has 1 aromatic heterocycles. The number of aromatic carboxylic acids is 2. The Bertz CT molecular complexity index is 558. The highest BCUT2D eigenvalue weighted by Gasteiger charge is 2.18. The van der Waals surface area contributed by atoms with Crippen molar-refractivity contribution >= 4 is 22.8 Å². The van der Waals surface area contributed by atoms with E-state index in [2.05, 4.69) is 10.2 Å². The second kappa shape index (κ2) is 3.09. The predicted molar refractivity (Wildman–Crippen MR) is 50.0 cm³/mol. The first-order valence-corrected chi connectivity index (χ1v) is 4.05. The Morgan fingerprint density at radius 1 is 1.20 bits per heavy atom. The summed E-state index contributed by atoms with van der Waals surface area (Å²) in [7, 11) is 0. The number of nitrogens with zero attached hydrogens (tertiary/aromatic N) is 1. The average Bonchev–Trinajstić information content (AvgIpc) is 2.60. The lowest BCUT2D eigenvalue weighted by Crippen LogP contribution is -2.02. The number of carboxylic acids is 2. The summed E-state index contributed by atoms with van der Waals surface area (Å²) < 4.78 is 0. The zero-order valence-electron chi connectivity index (χ0n) is 7.39. The van der Waals surface area contributed by atoms with Crippen LogP contribution in [0.4, 0.5) is 0 Å². The van der Waals surface area contributed by atoms with Gasteiger partial charge in [0.05, 0.1) is 11.1 Å². The molecular weight excluding hydrogens is 200 g/mol. The molecule has 6 heteroatoms. The first-order valence-electron chi connectivity index (χ1n) is 4.05. The van der Waals surface area contributed by atoms with E-state index in [0.717, 1.165) is 0 Å². The van der Waals surface area contributed by atoms with Gasteiger partial charge in [-0.3, -0.25) is 5.10 Å². The van der Waals surface area contributed by atoms with Crippen LogP contribution in [0.2, 0.25) is 0 Å². The van der Waals surface area contributed by atoms with Crippen LogP contribution >= 0.6 is 0 Å². The van der Waals surface area contributed by atoms with E-state index in [0.29, 0.717) is 5.52 Å². The highest BCUT2D eigenvalue weighted by Crippen LogP contribution is 2.20. The number of hydrogen-bond donors (Lipinski definition) is 3. The number of H-pyrrole nitrogens is 1. The van der Waals surface area contributed by atoms with E-state index in [4.69, 9.17) is 10.2 Å². The lowest BCUT2D eigenvalue weighted by atomic mass is 10.1. The van der Waals surface area contributed by atoms with Crippen LogP contribution < -0.4 is 0 Å². The van der Waals surface area contributed by atoms with Gasteiger partial charge < -0.3 is 10.2 Å². The minimum absolute atomic E-state index is 0.0707. The second-order valence-corrected chi connectivity index (χ2v) is 2.91. The Balaban J connectivity index is 2.86. The van der Waals surface area contributed by atoms with Crippen molar-refractivity contribution < 1.29 is 19.8 Å². The summed E-state index contributed by atoms with van der Waals surface area (Å²) in [4.78, 5) is 21.6. The highest BCUT2D eigenvalue weighted by atomic mass is 16.4. The number of aromatic nitrogens is 2. The van der Waals surface area contributed by atoms with Crippen LogP contribution in [0.15, 0.2) is 18.2 Å². The van der Waals surface area contributed by atoms with Gasteiger partial charge in [-0.05, 0) is 12.1 Å². The van der Waals surface area contributed by atoms with Crippen LogP contribution in [0.5, 0.6) is 0 Å². The van der Waals surface area contributed by atoms with Crippen LogP contribution in [0.25, 0.3) is 10.9 Å². The summed E-state index contributed by atoms with van der Waals surface area (Å²) in [5.41, 5.74) is 0.0500. The standard InChI is InChI=1S/C9H6N2O4/c12-8(13)4-2-1-3-5-6(4)7(9(14)15)11-10-5/h1-3H,(H,10,11)(H,12,13)(H,14,15). The largest absolute Gasteiger partial charge is 0.478 e. The number of fused-ring (bicyclic) bond motifs is 1. The quantitative estimate of drug-likeness (QED) is 0.678. The number of benzene rings is 1. The molecule has 2 aromatic rings. The number of aromatic amines is 1. The third kappa shape index (κ3) is 1.32. The normalized spacial score (nSPS) is 10.4. The zero-order chi connectivity index (χ0) is 11.0. The number of hydrogen-bond acceptors (Lipinski definition) is 3. The highest BCUT2D eigenvalue weighted by molar-refractivity contribution is 6.10. The van der Waals surface area contributed by atoms with Gasteiger partial charge in [0, 0.05) is 5.39 Å². The molecule has 0 unspecified atom stereocenters. The molecule has 0 amide bonds. The third-order valence-corrected chi connectivity index (χ3v) is 2.02. The maximum Gasteiger partial charge on any atom is 0.357 e. The second-order valence-electron chi connectivity index (χ2n) is 2.91. The molecule has 0 saturated carbocycles. The molecular formula is C9H6N2O4. The van der Waals surface area contributed by atoms with E-state index in [1.54, 1.807) is 6.07 Å². The van der Waals surface area contributed by atoms with Crippen LogP contribution in [-0.2, 0) is 0 Å². The molecule has 0 aliphatic heterocycles. The maximum absolute atomic E-state index is 10.9. The van der Waals surface area contributed by atoms with Crippen molar-refractivity contribution in [3.8, 4) is 0 Å². The fourth-order valence-electron chi connectivity index (χ4n) is 1.41. The first-order chi connectivity index (χ1) is 7.11. The van der Waals surface area contributed by atoms with Crippen molar-refractivity contribution in [2.75, 3.05) is 0 Å². The number of carbonyl (C=O) groups is 2. The minimum atomic E-state index is -1.25. The van der Waals surface area contributed by atoms with Gasteiger partial charge in [0.1, 0.15) is 0 Å². The lowest BCUT2D eigenvalue weighted by Gasteiger charge is -1.96. The Morgan fingerprint density at radius 2 is 1.93 bits per heavy atom. The smallest absolute Gasteiger partial charge is 0.357 e. The Morgan fingerprint density at radius 3 is 2.53 bits per heavy atom. The number of rotatable bonds is 2. The molecule has 3 N–H and O–H groups in total. The van der Waals surface area contributed by atoms with Crippen molar-refractivity contribution in [1.82, 2.24) is 10.2 Å². The van der Waals surface area contributed by atoms with Crippen LogP contribution in [0, 0.1) is 0 Å². The van der Waals surface area contributed by atoms with E-state index in [-0.39, 0.29) is 16.6 Å². The van der Waals surface area contributed by atoms with Crippen LogP contribution in [0.3, 0.4) is 0 Å². The Kier molecular flexibility index (Phi) is 1.89. The molecule has 6 nitrogen and oxygen atoms in total. The molecule has 0 bridgehead atoms. The van der Waals surface area contributed by atoms with Gasteiger partial charge >= 0.3 is 11.9 Å². The lowest BCUT2D eigenvalue weighted by molar-refractivity contribution is 0.0691. The number of nitrogens with one attached hydrogen (secondary N) is 1. The molecule has 1 heterocycles. The summed E-state index contributed by atoms with van der Waals surface area (Å²) in [5, 5.41) is 23.8. The zero-order valence-corrected chi connectivity index (χ0v) is 7.39. The Labute approximate surface area is 83.2 Å². The first kappa shape index (κ1) is 9.20. The molecule has 0 spiro atoms. The van der Waals surface area contributed by atoms with Gasteiger partial charge in [0.2, 0.25) is 0 Å². The van der Waals surface area contributed by atoms with Crippen LogP contribution in [0.1, 0.15) is 20.8 Å². The van der Waals surface area contributed by atoms with E-state index < -0.39 is 11.9 Å². The van der Waals surface area contributed by atoms with Crippen LogP contribution in [-0.4, -0.2) is 32.3 Å². The third-order valence-electron chi connectivity index (χ3n) is 2.02. The van der Waals surface area contributed by atoms with Gasteiger partial charge in [-0.25, -0.2) is 9.59 Å². The summed E-state index contributed by atoms with van der Waals surface area (Å²) in [5.74, 6) is -2.43. The molecule has 0 atom stereocenters. The summed E-state index contributed by atoms with van der Waals surface area (Å²) >= 11 is 0. The van der Waals surface area contributed by atoms with E-state index in [1.165, 1.54) is 12.1 Å². The van der Waals surface area contributed by atoms with Crippen molar-refractivity contribution in [1.29, 1.82) is 0 Å². The Hall–Kier alpha value is -2.37. The molecule has 76 valence electrons. The van der Waals surface area contributed by atoms with Gasteiger partial charge in [0.15, 0.2) is 5.69 Å². The summed E-state index contributed by atoms with van der Waals surface area (Å²) in [6, 6.07) is 4.43. The monoisotopic (exact) mass is 206 g/mol. The predicted octanol–water partition coefficient (Wildman–Crippen LogP) is 0.959. The molecule has 0 saturated heterocycles. The molecule has 0 aliphatic rings. The molecule has 0 radical (unpaired) electrons. The molecule has 2 rings (SSSR count). The van der Waals surface area contributed by atoms with E-state index in [1.807, 2.05) is 0 Å². The van der Waals surface area contributed by atoms with Gasteiger partial charge in [-0.15, -0.1) is 0 Å². The molecule has 0 aliphatic carbocycles. The van der Waals surface area contributed by atoms with E-state index >= 15 is 0 Å². The van der Waals surface area contributed by atoms with Gasteiger partial charge in [-0.1, -0.05) is 6.07 Å². The summed E-state index contributed by atoms with van der Waals surface area (Å²) in [6.45, 7) is 0. The summed E-state index contributed by atoms with van der Waals surface area (Å²) in [6.07, 6.45) is 0. The van der Waals surface area contributed by atoms with Crippen molar-refractivity contribution in [2.45, 2.75) is 0 Å². The molecule has 15 heavy (non-hydrogen) atoms. The van der Waals surface area contributed by atoms with Crippen molar-refractivity contribution in [3.05, 3.63) is 29.5 Å². The fourth-order valence-corrected chi connectivity index (χ4v) is 1.41. The number of carboxylic acid groups (broad SMARTS) is 2. The van der Waals surface area contributed by atoms with Crippen molar-refractivity contribution in [2.24, 2.45) is 0 Å². The minimum Gasteiger partial charge on any atom is -0.478 e. The SMILES string of the molecule is O=C(O)c1cccc2[nH]nc(C(=O)O)c12. The average molecular weight is 206 g/mol. The molecule has 1 aromatic carbocycles. The maximum atomic E-state index is 10.9. The van der Waals surface area contributed by atoms with Gasteiger partial charge in [0.25, 0.3) is 0 Å².